The average Bonchev–Trinajstić information content (AvgIpc) is 2.28. The summed E-state index contributed by atoms with van der Waals surface area (Å²) in [5, 5.41) is 0. The van der Waals surface area contributed by atoms with E-state index in [2.05, 4.69) is 54.8 Å². The summed E-state index contributed by atoms with van der Waals surface area (Å²) >= 11 is 0. The molecule has 1 heteroatoms. The van der Waals surface area contributed by atoms with Crippen molar-refractivity contribution in [1.82, 2.24) is 0 Å². The summed E-state index contributed by atoms with van der Waals surface area (Å²) in [6.07, 6.45) is 1.15. The van der Waals surface area contributed by atoms with Crippen LogP contribution in [0.1, 0.15) is 16.8 Å². The Balaban J connectivity index is 2.31. The fourth-order valence-electron chi connectivity index (χ4n) is 2.67. The molecule has 0 saturated carbocycles. The zero-order valence-electron chi connectivity index (χ0n) is 9.83. The van der Waals surface area contributed by atoms with Gasteiger partial charge in [0.2, 0.25) is 5.69 Å². The first-order chi connectivity index (χ1) is 7.75. The zero-order chi connectivity index (χ0) is 11.1. The molecule has 0 amide bonds. The lowest BCUT2D eigenvalue weighted by Gasteiger charge is -2.16. The number of hydrogen-bond acceptors (Lipinski definition) is 0. The van der Waals surface area contributed by atoms with E-state index in [0.29, 0.717) is 0 Å². The highest BCUT2D eigenvalue weighted by Gasteiger charge is 2.23. The van der Waals surface area contributed by atoms with Crippen LogP contribution in [-0.4, -0.2) is 0 Å². The molecule has 1 aliphatic heterocycles. The van der Waals surface area contributed by atoms with E-state index in [1.165, 1.54) is 28.1 Å². The number of aromatic nitrogens is 1. The summed E-state index contributed by atoms with van der Waals surface area (Å²) in [5.74, 6) is 0. The molecule has 80 valence electrons. The standard InChI is InChI=1S/C15H16N/c1-11-9-12(2)16-8-7-13-5-3-4-6-14(13)15(16)10-11/h3-6,9-10H,7-8H2,1-2H3/q+1. The predicted molar refractivity (Wildman–Crippen MR) is 65.3 cm³/mol. The van der Waals surface area contributed by atoms with E-state index >= 15 is 0 Å². The first-order valence-corrected chi connectivity index (χ1v) is 5.85. The molecule has 0 aliphatic carbocycles. The van der Waals surface area contributed by atoms with Gasteiger partial charge < -0.3 is 0 Å². The second kappa shape index (κ2) is 3.44. The molecular weight excluding hydrogens is 194 g/mol. The molecule has 0 unspecified atom stereocenters. The maximum atomic E-state index is 2.43. The van der Waals surface area contributed by atoms with E-state index in [1.807, 2.05) is 0 Å². The molecule has 1 aliphatic rings. The van der Waals surface area contributed by atoms with Gasteiger partial charge in [0.1, 0.15) is 0 Å². The van der Waals surface area contributed by atoms with Crippen LogP contribution in [0.5, 0.6) is 0 Å². The molecule has 1 nitrogen and oxygen atoms in total. The largest absolute Gasteiger partial charge is 0.213 e. The van der Waals surface area contributed by atoms with E-state index in [-0.39, 0.29) is 0 Å². The molecule has 0 spiro atoms. The highest BCUT2D eigenvalue weighted by atomic mass is 15.0. The van der Waals surface area contributed by atoms with Crippen molar-refractivity contribution < 1.29 is 4.57 Å². The van der Waals surface area contributed by atoms with E-state index in [1.54, 1.807) is 0 Å². The van der Waals surface area contributed by atoms with Crippen LogP contribution in [-0.2, 0) is 13.0 Å². The molecule has 0 N–H and O–H groups in total. The number of nitrogens with zero attached hydrogens (tertiary/aromatic N) is 1. The van der Waals surface area contributed by atoms with Crippen molar-refractivity contribution in [3.05, 3.63) is 53.2 Å². The number of hydrogen-bond donors (Lipinski definition) is 0. The average molecular weight is 210 g/mol. The highest BCUT2D eigenvalue weighted by molar-refractivity contribution is 5.62. The van der Waals surface area contributed by atoms with Crippen molar-refractivity contribution in [2.24, 2.45) is 0 Å². The molecule has 0 atom stereocenters. The van der Waals surface area contributed by atoms with Crippen LogP contribution in [0, 0.1) is 13.8 Å². The van der Waals surface area contributed by atoms with Gasteiger partial charge in [-0.2, -0.15) is 4.57 Å². The summed E-state index contributed by atoms with van der Waals surface area (Å²) in [6, 6.07) is 13.3. The summed E-state index contributed by atoms with van der Waals surface area (Å²) < 4.78 is 2.43. The Morgan fingerprint density at radius 2 is 1.88 bits per heavy atom. The van der Waals surface area contributed by atoms with E-state index in [9.17, 15) is 0 Å². The molecule has 0 radical (unpaired) electrons. The Hall–Kier alpha value is -1.63. The summed E-state index contributed by atoms with van der Waals surface area (Å²) in [7, 11) is 0. The van der Waals surface area contributed by atoms with Crippen LogP contribution < -0.4 is 4.57 Å². The number of fused-ring (bicyclic) bond motifs is 3. The third-order valence-electron chi connectivity index (χ3n) is 3.42. The van der Waals surface area contributed by atoms with Gasteiger partial charge in [-0.15, -0.1) is 0 Å². The fourth-order valence-corrected chi connectivity index (χ4v) is 2.67. The van der Waals surface area contributed by atoms with Gasteiger partial charge in [0.25, 0.3) is 0 Å². The number of aryl methyl sites for hydroxylation is 3. The van der Waals surface area contributed by atoms with Crippen LogP contribution in [0.2, 0.25) is 0 Å². The maximum Gasteiger partial charge on any atom is 0.213 e. The van der Waals surface area contributed by atoms with Crippen LogP contribution in [0.15, 0.2) is 36.4 Å². The number of rotatable bonds is 0. The van der Waals surface area contributed by atoms with Gasteiger partial charge in [-0.3, -0.25) is 0 Å². The summed E-state index contributed by atoms with van der Waals surface area (Å²) in [4.78, 5) is 0. The van der Waals surface area contributed by atoms with Gasteiger partial charge in [-0.1, -0.05) is 18.2 Å². The van der Waals surface area contributed by atoms with Gasteiger partial charge >= 0.3 is 0 Å². The molecular formula is C15H16N+. The van der Waals surface area contributed by atoms with Gasteiger partial charge in [0.05, 0.1) is 0 Å². The lowest BCUT2D eigenvalue weighted by Crippen LogP contribution is -2.43. The Kier molecular flexibility index (Phi) is 2.06. The van der Waals surface area contributed by atoms with E-state index in [0.717, 1.165) is 13.0 Å². The molecule has 1 aromatic carbocycles. The molecule has 2 heterocycles. The Bertz CT molecular complexity index is 555. The maximum absolute atomic E-state index is 2.43. The predicted octanol–water partition coefficient (Wildman–Crippen LogP) is 2.81. The summed E-state index contributed by atoms with van der Waals surface area (Å²) in [6.45, 7) is 5.48. The molecule has 0 bridgehead atoms. The molecule has 16 heavy (non-hydrogen) atoms. The molecule has 1 aromatic heterocycles. The minimum atomic E-state index is 1.11. The lowest BCUT2D eigenvalue weighted by atomic mass is 9.96. The Morgan fingerprint density at radius 1 is 1.06 bits per heavy atom. The highest BCUT2D eigenvalue weighted by Crippen LogP contribution is 2.25. The fraction of sp³-hybridized carbons (Fsp3) is 0.267. The van der Waals surface area contributed by atoms with Crippen molar-refractivity contribution in [3.63, 3.8) is 0 Å². The van der Waals surface area contributed by atoms with E-state index in [4.69, 9.17) is 0 Å². The van der Waals surface area contributed by atoms with Gasteiger partial charge in [-0.05, 0) is 24.1 Å². The Labute approximate surface area is 96.4 Å². The molecule has 2 aromatic rings. The zero-order valence-corrected chi connectivity index (χ0v) is 9.83. The van der Waals surface area contributed by atoms with Crippen molar-refractivity contribution in [1.29, 1.82) is 0 Å². The van der Waals surface area contributed by atoms with Crippen LogP contribution in [0.25, 0.3) is 11.3 Å². The second-order valence-electron chi connectivity index (χ2n) is 4.62. The lowest BCUT2D eigenvalue weighted by molar-refractivity contribution is -0.693. The van der Waals surface area contributed by atoms with Crippen LogP contribution in [0.4, 0.5) is 0 Å². The summed E-state index contributed by atoms with van der Waals surface area (Å²) in [5.41, 5.74) is 6.97. The second-order valence-corrected chi connectivity index (χ2v) is 4.62. The van der Waals surface area contributed by atoms with Crippen LogP contribution >= 0.6 is 0 Å². The smallest absolute Gasteiger partial charge is 0.196 e. The van der Waals surface area contributed by atoms with Crippen molar-refractivity contribution in [2.75, 3.05) is 0 Å². The molecule has 0 fully saturated rings. The normalized spacial score (nSPS) is 13.1. The number of benzene rings is 1. The monoisotopic (exact) mass is 210 g/mol. The SMILES string of the molecule is Cc1cc(C)[n+]2c(c1)-c1ccccc1CC2. The first-order valence-electron chi connectivity index (χ1n) is 5.85. The van der Waals surface area contributed by atoms with Gasteiger partial charge in [0, 0.05) is 31.0 Å². The molecule has 3 rings (SSSR count). The minimum absolute atomic E-state index is 1.11. The quantitative estimate of drug-likeness (QED) is 0.589. The van der Waals surface area contributed by atoms with Crippen molar-refractivity contribution in [3.8, 4) is 11.3 Å². The van der Waals surface area contributed by atoms with Gasteiger partial charge in [-0.25, -0.2) is 0 Å². The van der Waals surface area contributed by atoms with Gasteiger partial charge in [0.15, 0.2) is 12.2 Å². The van der Waals surface area contributed by atoms with Crippen LogP contribution in [0.3, 0.4) is 0 Å². The molecule has 0 saturated heterocycles. The van der Waals surface area contributed by atoms with Crippen molar-refractivity contribution >= 4 is 0 Å². The third kappa shape index (κ3) is 1.35. The van der Waals surface area contributed by atoms with Crippen molar-refractivity contribution in [2.45, 2.75) is 26.8 Å². The first kappa shape index (κ1) is 9.59. The topological polar surface area (TPSA) is 3.88 Å². The Morgan fingerprint density at radius 3 is 2.75 bits per heavy atom. The minimum Gasteiger partial charge on any atom is -0.196 e. The van der Waals surface area contributed by atoms with E-state index < -0.39 is 0 Å². The third-order valence-corrected chi connectivity index (χ3v) is 3.42. The number of pyridine rings is 1.